The van der Waals surface area contributed by atoms with Crippen LogP contribution in [-0.2, 0) is 11.2 Å². The molecular formula is C13H14F3N3O3S. The second-order valence-corrected chi connectivity index (χ2v) is 5.19. The third kappa shape index (κ3) is 6.51. The quantitative estimate of drug-likeness (QED) is 0.790. The van der Waals surface area contributed by atoms with Crippen LogP contribution in [0.15, 0.2) is 23.8 Å². The first kappa shape index (κ1) is 18.7. The predicted octanol–water partition coefficient (Wildman–Crippen LogP) is 2.39. The van der Waals surface area contributed by atoms with Gasteiger partial charge in [-0.3, -0.25) is 4.79 Å². The van der Waals surface area contributed by atoms with E-state index in [0.29, 0.717) is 12.2 Å². The molecule has 0 aliphatic carbocycles. The van der Waals surface area contributed by atoms with E-state index in [1.54, 1.807) is 23.6 Å². The number of thiazole rings is 1. The van der Waals surface area contributed by atoms with Crippen LogP contribution in [0.2, 0.25) is 0 Å². The first-order valence-electron chi connectivity index (χ1n) is 6.32. The van der Waals surface area contributed by atoms with Gasteiger partial charge in [0.2, 0.25) is 0 Å². The molecule has 0 aliphatic rings. The summed E-state index contributed by atoms with van der Waals surface area (Å²) in [5.74, 6) is -2.82. The molecule has 0 saturated heterocycles. The van der Waals surface area contributed by atoms with Crippen LogP contribution >= 0.6 is 11.3 Å². The monoisotopic (exact) mass is 349 g/mol. The van der Waals surface area contributed by atoms with Crippen molar-refractivity contribution in [1.82, 2.24) is 15.3 Å². The maximum atomic E-state index is 11.6. The minimum Gasteiger partial charge on any atom is -0.475 e. The van der Waals surface area contributed by atoms with Crippen LogP contribution < -0.4 is 5.32 Å². The van der Waals surface area contributed by atoms with Gasteiger partial charge in [0.05, 0.1) is 11.2 Å². The number of carboxylic acid groups (broad SMARTS) is 1. The Morgan fingerprint density at radius 1 is 1.43 bits per heavy atom. The van der Waals surface area contributed by atoms with Crippen LogP contribution in [0, 0.1) is 6.92 Å². The average Bonchev–Trinajstić information content (AvgIpc) is 3.10. The van der Waals surface area contributed by atoms with Gasteiger partial charge in [-0.15, -0.1) is 11.3 Å². The molecule has 0 unspecified atom stereocenters. The van der Waals surface area contributed by atoms with Gasteiger partial charge in [0, 0.05) is 24.0 Å². The topological polar surface area (TPSA) is 95.1 Å². The minimum atomic E-state index is -5.08. The fourth-order valence-electron chi connectivity index (χ4n) is 1.42. The van der Waals surface area contributed by atoms with Crippen LogP contribution in [0.4, 0.5) is 13.2 Å². The molecule has 2 aromatic heterocycles. The number of aryl methyl sites for hydroxylation is 1. The fraction of sp³-hybridized carbons (Fsp3) is 0.308. The zero-order chi connectivity index (χ0) is 17.5. The van der Waals surface area contributed by atoms with Gasteiger partial charge in [-0.1, -0.05) is 0 Å². The first-order chi connectivity index (χ1) is 10.7. The number of H-pyrrole nitrogens is 1. The molecule has 2 heterocycles. The Bertz CT molecular complexity index is 638. The summed E-state index contributed by atoms with van der Waals surface area (Å²) in [6.45, 7) is 2.62. The van der Waals surface area contributed by atoms with Gasteiger partial charge in [0.1, 0.15) is 5.69 Å². The number of carbonyl (C=O) groups excluding carboxylic acids is 1. The number of hydrogen-bond donors (Lipinski definition) is 3. The van der Waals surface area contributed by atoms with Crippen molar-refractivity contribution in [3.63, 3.8) is 0 Å². The van der Waals surface area contributed by atoms with E-state index in [0.717, 1.165) is 12.1 Å². The molecule has 0 radical (unpaired) electrons. The highest BCUT2D eigenvalue weighted by Gasteiger charge is 2.38. The lowest BCUT2D eigenvalue weighted by molar-refractivity contribution is -0.192. The van der Waals surface area contributed by atoms with E-state index in [9.17, 15) is 18.0 Å². The van der Waals surface area contributed by atoms with E-state index in [-0.39, 0.29) is 5.91 Å². The summed E-state index contributed by atoms with van der Waals surface area (Å²) in [4.78, 5) is 28.7. The number of carboxylic acids is 1. The number of aromatic nitrogens is 2. The summed E-state index contributed by atoms with van der Waals surface area (Å²) in [6, 6.07) is 3.57. The molecule has 0 fully saturated rings. The molecule has 23 heavy (non-hydrogen) atoms. The third-order valence-electron chi connectivity index (χ3n) is 2.57. The van der Waals surface area contributed by atoms with E-state index < -0.39 is 12.1 Å². The second kappa shape index (κ2) is 8.32. The largest absolute Gasteiger partial charge is 0.490 e. The molecule has 10 heteroatoms. The van der Waals surface area contributed by atoms with E-state index in [4.69, 9.17) is 9.90 Å². The van der Waals surface area contributed by atoms with Crippen LogP contribution in [-0.4, -0.2) is 39.7 Å². The number of nitrogens with zero attached hydrogens (tertiary/aromatic N) is 1. The molecule has 3 N–H and O–H groups in total. The predicted molar refractivity (Wildman–Crippen MR) is 77.4 cm³/mol. The number of halogens is 3. The van der Waals surface area contributed by atoms with Crippen molar-refractivity contribution in [1.29, 1.82) is 0 Å². The molecule has 126 valence electrons. The van der Waals surface area contributed by atoms with Crippen molar-refractivity contribution in [3.05, 3.63) is 40.1 Å². The summed E-state index contributed by atoms with van der Waals surface area (Å²) in [6.07, 6.45) is -2.51. The number of aromatic amines is 1. The lowest BCUT2D eigenvalue weighted by atomic mass is 10.3. The van der Waals surface area contributed by atoms with Gasteiger partial charge < -0.3 is 15.4 Å². The normalized spacial score (nSPS) is 10.6. The molecule has 0 atom stereocenters. The van der Waals surface area contributed by atoms with Crippen LogP contribution in [0.5, 0.6) is 0 Å². The Labute approximate surface area is 133 Å². The van der Waals surface area contributed by atoms with Crippen molar-refractivity contribution >= 4 is 23.2 Å². The molecule has 0 saturated carbocycles. The highest BCUT2D eigenvalue weighted by atomic mass is 32.1. The van der Waals surface area contributed by atoms with Crippen LogP contribution in [0.1, 0.15) is 21.1 Å². The number of carbonyl (C=O) groups is 2. The summed E-state index contributed by atoms with van der Waals surface area (Å²) >= 11 is 1.63. The van der Waals surface area contributed by atoms with Crippen molar-refractivity contribution < 1.29 is 27.9 Å². The molecule has 2 aromatic rings. The second-order valence-electron chi connectivity index (χ2n) is 4.25. The van der Waals surface area contributed by atoms with Gasteiger partial charge in [-0.05, 0) is 19.1 Å². The van der Waals surface area contributed by atoms with E-state index in [2.05, 4.69) is 15.3 Å². The van der Waals surface area contributed by atoms with E-state index in [1.807, 2.05) is 18.5 Å². The Balaban J connectivity index is 0.000000322. The zero-order valence-electron chi connectivity index (χ0n) is 12.0. The van der Waals surface area contributed by atoms with Crippen LogP contribution in [0.25, 0.3) is 0 Å². The Morgan fingerprint density at radius 2 is 2.09 bits per heavy atom. The van der Waals surface area contributed by atoms with Gasteiger partial charge in [0.25, 0.3) is 5.91 Å². The Kier molecular flexibility index (Phi) is 6.76. The SMILES string of the molecule is Cc1ncsc1CCNC(=O)c1ccc[nH]1.O=C(O)C(F)(F)F. The molecule has 0 aromatic carbocycles. The molecule has 0 bridgehead atoms. The van der Waals surface area contributed by atoms with Crippen molar-refractivity contribution in [2.45, 2.75) is 19.5 Å². The molecule has 0 aliphatic heterocycles. The van der Waals surface area contributed by atoms with Gasteiger partial charge >= 0.3 is 12.1 Å². The van der Waals surface area contributed by atoms with Crippen LogP contribution in [0.3, 0.4) is 0 Å². The minimum absolute atomic E-state index is 0.0628. The lowest BCUT2D eigenvalue weighted by Crippen LogP contribution is -2.25. The smallest absolute Gasteiger partial charge is 0.475 e. The summed E-state index contributed by atoms with van der Waals surface area (Å²) in [5.41, 5.74) is 3.48. The number of hydrogen-bond acceptors (Lipinski definition) is 4. The number of nitrogens with one attached hydrogen (secondary N) is 2. The molecule has 1 amide bonds. The first-order valence-corrected chi connectivity index (χ1v) is 7.20. The number of aliphatic carboxylic acids is 1. The standard InChI is InChI=1S/C11H13N3OS.C2HF3O2/c1-8-10(16-7-14-8)4-6-13-11(15)9-3-2-5-12-9;3-2(4,5)1(6)7/h2-3,5,7,12H,4,6H2,1H3,(H,13,15);(H,6,7). The lowest BCUT2D eigenvalue weighted by Gasteiger charge is -2.02. The summed E-state index contributed by atoms with van der Waals surface area (Å²) in [5, 5.41) is 9.98. The average molecular weight is 349 g/mol. The molecule has 6 nitrogen and oxygen atoms in total. The third-order valence-corrected chi connectivity index (χ3v) is 3.56. The highest BCUT2D eigenvalue weighted by Crippen LogP contribution is 2.13. The van der Waals surface area contributed by atoms with E-state index in [1.165, 1.54) is 4.88 Å². The number of alkyl halides is 3. The van der Waals surface area contributed by atoms with Crippen molar-refractivity contribution in [3.8, 4) is 0 Å². The maximum Gasteiger partial charge on any atom is 0.490 e. The number of rotatable bonds is 4. The maximum absolute atomic E-state index is 11.6. The molecular weight excluding hydrogens is 335 g/mol. The fourth-order valence-corrected chi connectivity index (χ4v) is 2.20. The number of amides is 1. The highest BCUT2D eigenvalue weighted by molar-refractivity contribution is 7.09. The Morgan fingerprint density at radius 3 is 2.52 bits per heavy atom. The molecule has 0 spiro atoms. The van der Waals surface area contributed by atoms with Gasteiger partial charge in [0.15, 0.2) is 0 Å². The van der Waals surface area contributed by atoms with Crippen molar-refractivity contribution in [2.75, 3.05) is 6.54 Å². The van der Waals surface area contributed by atoms with Gasteiger partial charge in [-0.25, -0.2) is 9.78 Å². The summed E-state index contributed by atoms with van der Waals surface area (Å²) < 4.78 is 31.7. The zero-order valence-corrected chi connectivity index (χ0v) is 12.8. The van der Waals surface area contributed by atoms with Gasteiger partial charge in [-0.2, -0.15) is 13.2 Å². The molecule has 2 rings (SSSR count). The summed E-state index contributed by atoms with van der Waals surface area (Å²) in [7, 11) is 0. The van der Waals surface area contributed by atoms with E-state index >= 15 is 0 Å². The Hall–Kier alpha value is -2.36. The van der Waals surface area contributed by atoms with Crippen molar-refractivity contribution in [2.24, 2.45) is 0 Å².